The van der Waals surface area contributed by atoms with E-state index in [1.165, 1.54) is 0 Å². The van der Waals surface area contributed by atoms with Crippen molar-refractivity contribution in [2.45, 2.75) is 12.8 Å². The molecule has 1 aliphatic rings. The summed E-state index contributed by atoms with van der Waals surface area (Å²) in [5, 5.41) is 0.596. The average molecular weight is 339 g/mol. The molecule has 3 heterocycles. The average Bonchev–Trinajstić information content (AvgIpc) is 3.11. The SMILES string of the molecule is O=C(c1ccc(-c2ccccc2Cl)o1)N1CCCc2ncccc21. The van der Waals surface area contributed by atoms with Crippen LogP contribution in [0.1, 0.15) is 22.7 Å². The summed E-state index contributed by atoms with van der Waals surface area (Å²) in [5.41, 5.74) is 2.60. The molecular formula is C19H15ClN2O2. The smallest absolute Gasteiger partial charge is 0.294 e. The number of rotatable bonds is 2. The molecule has 0 aliphatic carbocycles. The molecule has 0 radical (unpaired) electrons. The third-order valence-corrected chi connectivity index (χ3v) is 4.48. The van der Waals surface area contributed by atoms with Crippen LogP contribution in [-0.2, 0) is 6.42 Å². The Hall–Kier alpha value is -2.59. The summed E-state index contributed by atoms with van der Waals surface area (Å²) >= 11 is 6.20. The fraction of sp³-hybridized carbons (Fsp3) is 0.158. The van der Waals surface area contributed by atoms with E-state index in [1.807, 2.05) is 30.3 Å². The highest BCUT2D eigenvalue weighted by atomic mass is 35.5. The summed E-state index contributed by atoms with van der Waals surface area (Å²) in [6.45, 7) is 0.666. The molecule has 0 spiro atoms. The fourth-order valence-electron chi connectivity index (χ4n) is 3.00. The molecule has 24 heavy (non-hydrogen) atoms. The molecule has 1 amide bonds. The lowest BCUT2D eigenvalue weighted by molar-refractivity contribution is 0.0959. The number of nitrogens with zero attached hydrogens (tertiary/aromatic N) is 2. The second-order valence-electron chi connectivity index (χ2n) is 5.67. The standard InChI is InChI=1S/C19H15ClN2O2/c20-14-6-2-1-5-13(14)17-9-10-18(24-17)19(23)22-12-4-7-15-16(22)8-3-11-21-15/h1-3,5-6,8-11H,4,7,12H2. The molecular weight excluding hydrogens is 324 g/mol. The number of anilines is 1. The summed E-state index contributed by atoms with van der Waals surface area (Å²) < 4.78 is 5.78. The van der Waals surface area contributed by atoms with Crippen LogP contribution in [0.3, 0.4) is 0 Å². The summed E-state index contributed by atoms with van der Waals surface area (Å²) in [6, 6.07) is 14.7. The van der Waals surface area contributed by atoms with Gasteiger partial charge in [0.15, 0.2) is 5.76 Å². The Morgan fingerprint density at radius 1 is 1.12 bits per heavy atom. The maximum absolute atomic E-state index is 12.9. The molecule has 4 nitrogen and oxygen atoms in total. The Labute approximate surface area is 144 Å². The maximum atomic E-state index is 12.9. The van der Waals surface area contributed by atoms with Crippen molar-refractivity contribution in [1.82, 2.24) is 4.98 Å². The number of aromatic nitrogens is 1. The van der Waals surface area contributed by atoms with Gasteiger partial charge in [0.25, 0.3) is 5.91 Å². The van der Waals surface area contributed by atoms with Crippen molar-refractivity contribution in [3.63, 3.8) is 0 Å². The van der Waals surface area contributed by atoms with Crippen LogP contribution in [-0.4, -0.2) is 17.4 Å². The normalized spacial score (nSPS) is 13.6. The number of hydrogen-bond acceptors (Lipinski definition) is 3. The number of carbonyl (C=O) groups is 1. The number of benzene rings is 1. The Morgan fingerprint density at radius 3 is 2.88 bits per heavy atom. The van der Waals surface area contributed by atoms with E-state index in [0.717, 1.165) is 29.8 Å². The molecule has 0 saturated heterocycles. The van der Waals surface area contributed by atoms with Gasteiger partial charge in [0, 0.05) is 18.3 Å². The van der Waals surface area contributed by atoms with Crippen LogP contribution in [0.25, 0.3) is 11.3 Å². The minimum Gasteiger partial charge on any atom is -0.451 e. The molecule has 5 heteroatoms. The largest absolute Gasteiger partial charge is 0.451 e. The summed E-state index contributed by atoms with van der Waals surface area (Å²) in [7, 11) is 0. The lowest BCUT2D eigenvalue weighted by atomic mass is 10.1. The zero-order chi connectivity index (χ0) is 16.5. The summed E-state index contributed by atoms with van der Waals surface area (Å²) in [4.78, 5) is 19.0. The van der Waals surface area contributed by atoms with E-state index < -0.39 is 0 Å². The van der Waals surface area contributed by atoms with E-state index in [-0.39, 0.29) is 5.91 Å². The van der Waals surface area contributed by atoms with Gasteiger partial charge in [0.2, 0.25) is 0 Å². The molecule has 3 aromatic rings. The molecule has 4 rings (SSSR count). The van der Waals surface area contributed by atoms with Crippen molar-refractivity contribution in [1.29, 1.82) is 0 Å². The van der Waals surface area contributed by atoms with Crippen LogP contribution >= 0.6 is 11.6 Å². The monoisotopic (exact) mass is 338 g/mol. The number of furan rings is 1. The predicted octanol–water partition coefficient (Wildman–Crippen LogP) is 4.59. The summed E-state index contributed by atoms with van der Waals surface area (Å²) in [6.07, 6.45) is 3.55. The first-order chi connectivity index (χ1) is 11.7. The molecule has 2 aromatic heterocycles. The predicted molar refractivity (Wildman–Crippen MR) is 93.4 cm³/mol. The topological polar surface area (TPSA) is 46.3 Å². The second kappa shape index (κ2) is 6.13. The van der Waals surface area contributed by atoms with E-state index >= 15 is 0 Å². The number of pyridine rings is 1. The van der Waals surface area contributed by atoms with Crippen molar-refractivity contribution < 1.29 is 9.21 Å². The second-order valence-corrected chi connectivity index (χ2v) is 6.08. The Balaban J connectivity index is 1.66. The third-order valence-electron chi connectivity index (χ3n) is 4.15. The van der Waals surface area contributed by atoms with Crippen molar-refractivity contribution in [3.05, 3.63) is 71.2 Å². The highest BCUT2D eigenvalue weighted by Gasteiger charge is 2.26. The van der Waals surface area contributed by atoms with Crippen LogP contribution in [0.2, 0.25) is 5.02 Å². The van der Waals surface area contributed by atoms with Crippen molar-refractivity contribution in [3.8, 4) is 11.3 Å². The Kier molecular flexibility index (Phi) is 3.82. The van der Waals surface area contributed by atoms with E-state index in [0.29, 0.717) is 23.1 Å². The molecule has 120 valence electrons. The highest BCUT2D eigenvalue weighted by molar-refractivity contribution is 6.33. The van der Waals surface area contributed by atoms with Crippen LogP contribution in [0.4, 0.5) is 5.69 Å². The van der Waals surface area contributed by atoms with Gasteiger partial charge < -0.3 is 9.32 Å². The van der Waals surface area contributed by atoms with Crippen LogP contribution in [0, 0.1) is 0 Å². The Morgan fingerprint density at radius 2 is 2.00 bits per heavy atom. The van der Waals surface area contributed by atoms with E-state index in [4.69, 9.17) is 16.0 Å². The molecule has 0 saturated carbocycles. The van der Waals surface area contributed by atoms with Gasteiger partial charge in [-0.05, 0) is 49.2 Å². The lowest BCUT2D eigenvalue weighted by Crippen LogP contribution is -2.35. The van der Waals surface area contributed by atoms with Gasteiger partial charge in [0.1, 0.15) is 5.76 Å². The minimum absolute atomic E-state index is 0.151. The zero-order valence-electron chi connectivity index (χ0n) is 12.9. The molecule has 1 aromatic carbocycles. The van der Waals surface area contributed by atoms with Gasteiger partial charge in [-0.3, -0.25) is 9.78 Å². The quantitative estimate of drug-likeness (QED) is 0.686. The van der Waals surface area contributed by atoms with E-state index in [9.17, 15) is 4.79 Å². The zero-order valence-corrected chi connectivity index (χ0v) is 13.7. The first-order valence-electron chi connectivity index (χ1n) is 7.84. The lowest BCUT2D eigenvalue weighted by Gasteiger charge is -2.27. The van der Waals surface area contributed by atoms with E-state index in [2.05, 4.69) is 4.98 Å². The van der Waals surface area contributed by atoms with Crippen molar-refractivity contribution in [2.75, 3.05) is 11.4 Å². The van der Waals surface area contributed by atoms with Gasteiger partial charge in [-0.15, -0.1) is 0 Å². The minimum atomic E-state index is -0.151. The molecule has 0 unspecified atom stereocenters. The van der Waals surface area contributed by atoms with Gasteiger partial charge >= 0.3 is 0 Å². The number of hydrogen-bond donors (Lipinski definition) is 0. The van der Waals surface area contributed by atoms with Gasteiger partial charge in [-0.2, -0.15) is 0 Å². The van der Waals surface area contributed by atoms with E-state index in [1.54, 1.807) is 29.3 Å². The number of fused-ring (bicyclic) bond motifs is 1. The molecule has 0 N–H and O–H groups in total. The third kappa shape index (κ3) is 2.59. The maximum Gasteiger partial charge on any atom is 0.294 e. The van der Waals surface area contributed by atoms with Crippen LogP contribution in [0.5, 0.6) is 0 Å². The first kappa shape index (κ1) is 15.0. The van der Waals surface area contributed by atoms with Gasteiger partial charge in [-0.25, -0.2) is 0 Å². The van der Waals surface area contributed by atoms with Crippen molar-refractivity contribution >= 4 is 23.2 Å². The van der Waals surface area contributed by atoms with Gasteiger partial charge in [-0.1, -0.05) is 23.7 Å². The highest BCUT2D eigenvalue weighted by Crippen LogP contribution is 2.31. The number of halogens is 1. The first-order valence-corrected chi connectivity index (χ1v) is 8.22. The molecule has 0 atom stereocenters. The molecule has 0 bridgehead atoms. The Bertz CT molecular complexity index is 904. The molecule has 1 aliphatic heterocycles. The molecule has 0 fully saturated rings. The number of aryl methyl sites for hydroxylation is 1. The van der Waals surface area contributed by atoms with Gasteiger partial charge in [0.05, 0.1) is 16.4 Å². The van der Waals surface area contributed by atoms with Crippen LogP contribution < -0.4 is 4.90 Å². The number of carbonyl (C=O) groups excluding carboxylic acids is 1. The van der Waals surface area contributed by atoms with Crippen molar-refractivity contribution in [2.24, 2.45) is 0 Å². The van der Waals surface area contributed by atoms with Crippen LogP contribution in [0.15, 0.2) is 59.1 Å². The number of amides is 1. The summed E-state index contributed by atoms with van der Waals surface area (Å²) in [5.74, 6) is 0.747. The fourth-order valence-corrected chi connectivity index (χ4v) is 3.22.